The fraction of sp³-hybridized carbons (Fsp3) is 0.205. The number of carbonyl (C=O) groups is 3. The Morgan fingerprint density at radius 2 is 1.29 bits per heavy atom. The molecule has 5 rings (SSSR count). The largest absolute Gasteiger partial charge is 0.493 e. The molecule has 0 fully saturated rings. The van der Waals surface area contributed by atoms with Gasteiger partial charge in [-0.25, -0.2) is 14.4 Å². The van der Waals surface area contributed by atoms with Crippen LogP contribution < -0.4 is 23.7 Å². The molecule has 4 aromatic carbocycles. The first-order valence-corrected chi connectivity index (χ1v) is 17.4. The molecular weight excluding hydrogens is 720 g/mol. The maximum absolute atomic E-state index is 12.8. The minimum atomic E-state index is -0.582. The van der Waals surface area contributed by atoms with Gasteiger partial charge in [-0.3, -0.25) is 0 Å². The van der Waals surface area contributed by atoms with Gasteiger partial charge >= 0.3 is 17.9 Å². The molecule has 1 atom stereocenters. The van der Waals surface area contributed by atoms with Gasteiger partial charge < -0.3 is 43.0 Å². The van der Waals surface area contributed by atoms with Crippen LogP contribution in [-0.4, -0.2) is 50.5 Å². The minimum Gasteiger partial charge on any atom is -0.493 e. The molecule has 0 spiro atoms. The number of methoxy groups -OCH3 is 1. The van der Waals surface area contributed by atoms with E-state index in [1.165, 1.54) is 26.4 Å². The summed E-state index contributed by atoms with van der Waals surface area (Å²) in [5, 5.41) is 9.79. The Morgan fingerprint density at radius 3 is 1.91 bits per heavy atom. The van der Waals surface area contributed by atoms with Crippen molar-refractivity contribution < 1.29 is 57.4 Å². The van der Waals surface area contributed by atoms with Crippen molar-refractivity contribution in [2.45, 2.75) is 33.3 Å². The lowest BCUT2D eigenvalue weighted by Gasteiger charge is -2.12. The Morgan fingerprint density at radius 1 is 0.696 bits per heavy atom. The molecule has 56 heavy (non-hydrogen) atoms. The van der Waals surface area contributed by atoms with Gasteiger partial charge in [0.25, 0.3) is 0 Å². The summed E-state index contributed by atoms with van der Waals surface area (Å²) in [6.07, 6.45) is 6.13. The van der Waals surface area contributed by atoms with Gasteiger partial charge in [-0.05, 0) is 108 Å². The van der Waals surface area contributed by atoms with Crippen LogP contribution in [0.3, 0.4) is 0 Å². The lowest BCUT2D eigenvalue weighted by atomic mass is 9.99. The normalized spacial score (nSPS) is 12.7. The highest BCUT2D eigenvalue weighted by Crippen LogP contribution is 2.47. The number of aliphatic hydroxyl groups excluding tert-OH is 1. The molecule has 1 aliphatic rings. The number of carbonyl (C=O) groups excluding carboxylic acids is 3. The Labute approximate surface area is 324 Å². The van der Waals surface area contributed by atoms with Gasteiger partial charge in [0.15, 0.2) is 11.5 Å². The third-order valence-electron chi connectivity index (χ3n) is 8.50. The second-order valence-electron chi connectivity index (χ2n) is 12.6. The Kier molecular flexibility index (Phi) is 13.7. The van der Waals surface area contributed by atoms with E-state index in [1.54, 1.807) is 61.5 Å². The van der Waals surface area contributed by atoms with E-state index in [0.717, 1.165) is 27.8 Å². The van der Waals surface area contributed by atoms with E-state index >= 15 is 0 Å². The van der Waals surface area contributed by atoms with E-state index in [4.69, 9.17) is 37.9 Å². The lowest BCUT2D eigenvalue weighted by Crippen LogP contribution is -2.11. The van der Waals surface area contributed by atoms with Crippen LogP contribution in [0.5, 0.6) is 28.7 Å². The lowest BCUT2D eigenvalue weighted by molar-refractivity contribution is -0.146. The second-order valence-corrected chi connectivity index (χ2v) is 12.6. The molecule has 12 heteroatoms. The molecule has 0 radical (unpaired) electrons. The van der Waals surface area contributed by atoms with Crippen LogP contribution in [0.2, 0.25) is 0 Å². The maximum Gasteiger partial charge on any atom is 0.336 e. The second kappa shape index (κ2) is 19.0. The van der Waals surface area contributed by atoms with Crippen LogP contribution in [-0.2, 0) is 35.2 Å². The summed E-state index contributed by atoms with van der Waals surface area (Å²) in [5.41, 5.74) is 6.59. The number of aliphatic hydroxyl groups is 1. The molecule has 0 bridgehead atoms. The van der Waals surface area contributed by atoms with Crippen LogP contribution >= 0.6 is 0 Å². The molecule has 1 aliphatic carbocycles. The molecule has 0 aromatic heterocycles. The van der Waals surface area contributed by atoms with Gasteiger partial charge in [-0.1, -0.05) is 44.3 Å². The Bertz CT molecular complexity index is 2180. The van der Waals surface area contributed by atoms with Gasteiger partial charge in [0, 0.05) is 28.7 Å². The number of rotatable bonds is 18. The highest BCUT2D eigenvalue weighted by molar-refractivity contribution is 5.89. The molecule has 1 unspecified atom stereocenters. The summed E-state index contributed by atoms with van der Waals surface area (Å²) in [5.74, 6) is 0.568. The molecule has 290 valence electrons. The number of esters is 3. The predicted molar refractivity (Wildman–Crippen MR) is 208 cm³/mol. The van der Waals surface area contributed by atoms with Crippen molar-refractivity contribution >= 4 is 30.1 Å². The fourth-order valence-electron chi connectivity index (χ4n) is 5.61. The van der Waals surface area contributed by atoms with Crippen LogP contribution in [0.15, 0.2) is 109 Å². The number of fused-ring (bicyclic) bond motifs is 3. The van der Waals surface area contributed by atoms with Crippen molar-refractivity contribution in [1.82, 2.24) is 0 Å². The predicted octanol–water partition coefficient (Wildman–Crippen LogP) is 7.87. The summed E-state index contributed by atoms with van der Waals surface area (Å²) in [7, 11) is 1.51. The quantitative estimate of drug-likeness (QED) is 0.0263. The van der Waals surface area contributed by atoms with Crippen molar-refractivity contribution in [1.29, 1.82) is 0 Å². The molecule has 0 saturated heterocycles. The number of hydrogen-bond donors (Lipinski definition) is 1. The van der Waals surface area contributed by atoms with Crippen LogP contribution in [0.1, 0.15) is 54.5 Å². The third-order valence-corrected chi connectivity index (χ3v) is 8.50. The summed E-state index contributed by atoms with van der Waals surface area (Å²) >= 11 is 0. The van der Waals surface area contributed by atoms with Gasteiger partial charge in [-0.2, -0.15) is 0 Å². The van der Waals surface area contributed by atoms with E-state index in [1.807, 2.05) is 30.3 Å². The highest BCUT2D eigenvalue weighted by Gasteiger charge is 2.26. The van der Waals surface area contributed by atoms with E-state index in [2.05, 4.69) is 20.1 Å². The molecule has 0 aliphatic heterocycles. The third kappa shape index (κ3) is 10.5. The van der Waals surface area contributed by atoms with E-state index in [9.17, 15) is 19.5 Å². The smallest absolute Gasteiger partial charge is 0.336 e. The number of ether oxygens (including phenoxy) is 8. The summed E-state index contributed by atoms with van der Waals surface area (Å²) < 4.78 is 43.3. The van der Waals surface area contributed by atoms with Crippen LogP contribution in [0, 0.1) is 0 Å². The fourth-order valence-corrected chi connectivity index (χ4v) is 5.61. The summed E-state index contributed by atoms with van der Waals surface area (Å²) in [6, 6.07) is 21.6. The first-order valence-electron chi connectivity index (χ1n) is 17.4. The number of hydrogen-bond acceptors (Lipinski definition) is 12. The first kappa shape index (κ1) is 40.4. The first-order chi connectivity index (χ1) is 27.0. The van der Waals surface area contributed by atoms with E-state index < -0.39 is 17.9 Å². The zero-order chi connectivity index (χ0) is 40.2. The highest BCUT2D eigenvalue weighted by atomic mass is 16.7. The molecular formula is C44H42O12. The van der Waals surface area contributed by atoms with Crippen molar-refractivity contribution in [3.05, 3.63) is 137 Å². The van der Waals surface area contributed by atoms with Crippen molar-refractivity contribution in [3.8, 4) is 39.9 Å². The molecule has 0 saturated carbocycles. The van der Waals surface area contributed by atoms with Crippen molar-refractivity contribution in [2.24, 2.45) is 0 Å². The monoisotopic (exact) mass is 762 g/mol. The van der Waals surface area contributed by atoms with Gasteiger partial charge in [0.2, 0.25) is 20.4 Å². The SMILES string of the molecule is C=C(C)C(=O)OCOc1ccc(C=CC(=O)Oc2ccc3c(c2)C(C)c2cc(OCOC=Cc4ccc(OCOC(=O)C(=C)C)c(OC)c4)ccc2-3)cc1CO. The Hall–Kier alpha value is -6.79. The average molecular weight is 763 g/mol. The minimum absolute atomic E-state index is 0.0144. The summed E-state index contributed by atoms with van der Waals surface area (Å²) in [6.45, 7) is 11.2. The van der Waals surface area contributed by atoms with Gasteiger partial charge in [0.1, 0.15) is 17.2 Å². The summed E-state index contributed by atoms with van der Waals surface area (Å²) in [4.78, 5) is 35.9. The van der Waals surface area contributed by atoms with Gasteiger partial charge in [-0.15, -0.1) is 0 Å². The Balaban J connectivity index is 1.12. The van der Waals surface area contributed by atoms with E-state index in [-0.39, 0.29) is 44.0 Å². The van der Waals surface area contributed by atoms with Crippen molar-refractivity contribution in [3.63, 3.8) is 0 Å². The molecule has 1 N–H and O–H groups in total. The van der Waals surface area contributed by atoms with Crippen LogP contribution in [0.25, 0.3) is 23.3 Å². The zero-order valence-corrected chi connectivity index (χ0v) is 31.5. The topological polar surface area (TPSA) is 145 Å². The van der Waals surface area contributed by atoms with Crippen molar-refractivity contribution in [2.75, 3.05) is 27.5 Å². The standard InChI is InChI=1S/C44H42O12/c1-27(2)43(47)54-25-52-39-14-7-30(19-32(39)23-45)9-16-42(46)56-34-11-13-36-35-12-10-33(21-37(35)29(5)38(36)22-34)51-24-50-18-17-31-8-15-40(41(20-31)49-6)53-26-55-44(48)28(3)4/h7-22,29,45H,1,3,23-26H2,2,4-6H3. The molecule has 0 heterocycles. The number of benzene rings is 4. The molecule has 0 amide bonds. The molecule has 4 aromatic rings. The average Bonchev–Trinajstić information content (AvgIpc) is 3.46. The maximum atomic E-state index is 12.8. The van der Waals surface area contributed by atoms with E-state index in [0.29, 0.717) is 39.9 Å². The zero-order valence-electron chi connectivity index (χ0n) is 31.5. The van der Waals surface area contributed by atoms with Crippen LogP contribution in [0.4, 0.5) is 0 Å². The van der Waals surface area contributed by atoms with Gasteiger partial charge in [0.05, 0.1) is 20.0 Å². The molecule has 12 nitrogen and oxygen atoms in total.